The average molecular weight is 414 g/mol. The van der Waals surface area contributed by atoms with Crippen molar-refractivity contribution in [1.29, 1.82) is 0 Å². The standard InChI is InChI=1S/C22H27N3O3S/c1-16(2)27-13-19-18-6-3-4-7-20(18)28-21(19)22(26)25-9-5-8-24(10-11-25)12-17-14-29-15-23-17/h3-4,6-7,14-16H,5,8-13H2,1-2H3. The van der Waals surface area contributed by atoms with Gasteiger partial charge in [0.15, 0.2) is 5.76 Å². The number of nitrogens with zero attached hydrogens (tertiary/aromatic N) is 3. The minimum Gasteiger partial charge on any atom is -0.451 e. The minimum atomic E-state index is -0.0425. The van der Waals surface area contributed by atoms with E-state index in [4.69, 9.17) is 9.15 Å². The Morgan fingerprint density at radius 3 is 2.90 bits per heavy atom. The minimum absolute atomic E-state index is 0.0425. The fourth-order valence-corrected chi connectivity index (χ4v) is 4.23. The lowest BCUT2D eigenvalue weighted by Crippen LogP contribution is -2.35. The van der Waals surface area contributed by atoms with Crippen molar-refractivity contribution >= 4 is 28.2 Å². The smallest absolute Gasteiger partial charge is 0.290 e. The third-order valence-corrected chi connectivity index (χ3v) is 5.83. The number of benzene rings is 1. The normalized spacial score (nSPS) is 15.9. The summed E-state index contributed by atoms with van der Waals surface area (Å²) in [6, 6.07) is 7.79. The molecule has 6 nitrogen and oxygen atoms in total. The molecule has 4 rings (SSSR count). The summed E-state index contributed by atoms with van der Waals surface area (Å²) in [7, 11) is 0. The summed E-state index contributed by atoms with van der Waals surface area (Å²) in [4.78, 5) is 22.0. The Balaban J connectivity index is 1.51. The maximum absolute atomic E-state index is 13.4. The molecule has 1 fully saturated rings. The van der Waals surface area contributed by atoms with Gasteiger partial charge in [-0.05, 0) is 26.3 Å². The van der Waals surface area contributed by atoms with E-state index in [0.29, 0.717) is 18.9 Å². The number of ether oxygens (including phenoxy) is 1. The Bertz CT molecular complexity index is 952. The molecule has 3 heterocycles. The highest BCUT2D eigenvalue weighted by Crippen LogP contribution is 2.28. The van der Waals surface area contributed by atoms with Crippen LogP contribution in [0.1, 0.15) is 42.1 Å². The first-order valence-corrected chi connectivity index (χ1v) is 11.1. The predicted octanol–water partition coefficient (Wildman–Crippen LogP) is 4.16. The van der Waals surface area contributed by atoms with Crippen molar-refractivity contribution in [3.63, 3.8) is 0 Å². The van der Waals surface area contributed by atoms with Gasteiger partial charge in [0.25, 0.3) is 5.91 Å². The van der Waals surface area contributed by atoms with Crippen molar-refractivity contribution in [3.8, 4) is 0 Å². The van der Waals surface area contributed by atoms with E-state index < -0.39 is 0 Å². The molecule has 1 saturated heterocycles. The quantitative estimate of drug-likeness (QED) is 0.607. The van der Waals surface area contributed by atoms with Crippen LogP contribution in [-0.2, 0) is 17.9 Å². The third kappa shape index (κ3) is 4.69. The molecule has 0 saturated carbocycles. The van der Waals surface area contributed by atoms with Crippen molar-refractivity contribution in [2.75, 3.05) is 26.2 Å². The molecule has 0 atom stereocenters. The van der Waals surface area contributed by atoms with E-state index in [1.807, 2.05) is 48.5 Å². The second-order valence-corrected chi connectivity index (χ2v) is 8.39. The maximum atomic E-state index is 13.4. The van der Waals surface area contributed by atoms with E-state index in [-0.39, 0.29) is 12.0 Å². The number of carbonyl (C=O) groups is 1. The van der Waals surface area contributed by atoms with Gasteiger partial charge in [-0.3, -0.25) is 9.69 Å². The predicted molar refractivity (Wildman–Crippen MR) is 114 cm³/mol. The molecular formula is C22H27N3O3S. The van der Waals surface area contributed by atoms with E-state index in [9.17, 15) is 4.79 Å². The van der Waals surface area contributed by atoms with E-state index in [0.717, 1.165) is 54.8 Å². The molecule has 1 aliphatic heterocycles. The third-order valence-electron chi connectivity index (χ3n) is 5.20. The van der Waals surface area contributed by atoms with Crippen LogP contribution in [0.25, 0.3) is 11.0 Å². The molecule has 0 aliphatic carbocycles. The van der Waals surface area contributed by atoms with Gasteiger partial charge < -0.3 is 14.1 Å². The summed E-state index contributed by atoms with van der Waals surface area (Å²) in [5, 5.41) is 3.04. The van der Waals surface area contributed by atoms with Gasteiger partial charge in [-0.1, -0.05) is 18.2 Å². The number of aromatic nitrogens is 1. The summed E-state index contributed by atoms with van der Waals surface area (Å²) in [5.41, 5.74) is 4.55. The number of hydrogen-bond donors (Lipinski definition) is 0. The Kier molecular flexibility index (Phi) is 6.28. The van der Waals surface area contributed by atoms with Crippen LogP contribution in [0.4, 0.5) is 0 Å². The Morgan fingerprint density at radius 1 is 1.24 bits per heavy atom. The summed E-state index contributed by atoms with van der Waals surface area (Å²) in [6.07, 6.45) is 1.03. The lowest BCUT2D eigenvalue weighted by Gasteiger charge is -2.21. The highest BCUT2D eigenvalue weighted by molar-refractivity contribution is 7.07. The highest BCUT2D eigenvalue weighted by Gasteiger charge is 2.27. The van der Waals surface area contributed by atoms with E-state index in [1.165, 1.54) is 0 Å². The number of furan rings is 1. The zero-order valence-corrected chi connectivity index (χ0v) is 17.8. The van der Waals surface area contributed by atoms with Gasteiger partial charge >= 0.3 is 0 Å². The summed E-state index contributed by atoms with van der Waals surface area (Å²) >= 11 is 1.62. The second-order valence-electron chi connectivity index (χ2n) is 7.67. The lowest BCUT2D eigenvalue weighted by atomic mass is 10.1. The van der Waals surface area contributed by atoms with Crippen LogP contribution in [0.3, 0.4) is 0 Å². The Labute approximate surface area is 175 Å². The van der Waals surface area contributed by atoms with E-state index in [2.05, 4.69) is 15.3 Å². The lowest BCUT2D eigenvalue weighted by molar-refractivity contribution is 0.0613. The molecule has 2 aromatic heterocycles. The molecule has 0 bridgehead atoms. The molecule has 1 aliphatic rings. The van der Waals surface area contributed by atoms with Crippen molar-refractivity contribution in [2.24, 2.45) is 0 Å². The van der Waals surface area contributed by atoms with Gasteiger partial charge in [-0.15, -0.1) is 11.3 Å². The number of fused-ring (bicyclic) bond motifs is 1. The van der Waals surface area contributed by atoms with Crippen LogP contribution < -0.4 is 0 Å². The number of para-hydroxylation sites is 1. The molecule has 0 radical (unpaired) electrons. The monoisotopic (exact) mass is 413 g/mol. The largest absolute Gasteiger partial charge is 0.451 e. The SMILES string of the molecule is CC(C)OCc1c(C(=O)N2CCCN(Cc3cscn3)CC2)oc2ccccc12. The van der Waals surface area contributed by atoms with E-state index in [1.54, 1.807) is 11.3 Å². The number of carbonyl (C=O) groups excluding carboxylic acids is 1. The van der Waals surface area contributed by atoms with Crippen LogP contribution in [0.15, 0.2) is 39.6 Å². The van der Waals surface area contributed by atoms with Gasteiger partial charge in [0.05, 0.1) is 23.9 Å². The molecule has 0 unspecified atom stereocenters. The van der Waals surface area contributed by atoms with E-state index >= 15 is 0 Å². The highest BCUT2D eigenvalue weighted by atomic mass is 32.1. The average Bonchev–Trinajstić information content (AvgIpc) is 3.28. The van der Waals surface area contributed by atoms with Crippen molar-refractivity contribution in [1.82, 2.24) is 14.8 Å². The van der Waals surface area contributed by atoms with Crippen molar-refractivity contribution in [3.05, 3.63) is 52.2 Å². The van der Waals surface area contributed by atoms with Gasteiger partial charge in [0.2, 0.25) is 0 Å². The summed E-state index contributed by atoms with van der Waals surface area (Å²) in [5.74, 6) is 0.374. The Hall–Kier alpha value is -2.22. The first kappa shape index (κ1) is 20.1. The fourth-order valence-electron chi connectivity index (χ4n) is 3.69. The van der Waals surface area contributed by atoms with Crippen LogP contribution in [-0.4, -0.2) is 53.0 Å². The molecule has 154 valence electrons. The Morgan fingerprint density at radius 2 is 2.10 bits per heavy atom. The van der Waals surface area contributed by atoms with Crippen molar-refractivity contribution < 1.29 is 13.9 Å². The molecule has 0 N–H and O–H groups in total. The first-order chi connectivity index (χ1) is 14.1. The summed E-state index contributed by atoms with van der Waals surface area (Å²) < 4.78 is 11.8. The number of hydrogen-bond acceptors (Lipinski definition) is 6. The molecular weight excluding hydrogens is 386 g/mol. The van der Waals surface area contributed by atoms with Gasteiger partial charge in [-0.2, -0.15) is 0 Å². The van der Waals surface area contributed by atoms with Crippen LogP contribution >= 0.6 is 11.3 Å². The summed E-state index contributed by atoms with van der Waals surface area (Å²) in [6.45, 7) is 8.42. The zero-order chi connectivity index (χ0) is 20.2. The van der Waals surface area contributed by atoms with Crippen molar-refractivity contribution in [2.45, 2.75) is 39.5 Å². The van der Waals surface area contributed by atoms with Crippen LogP contribution in [0.2, 0.25) is 0 Å². The van der Waals surface area contributed by atoms with Gasteiger partial charge in [0.1, 0.15) is 5.58 Å². The number of amides is 1. The first-order valence-electron chi connectivity index (χ1n) is 10.1. The molecule has 0 spiro atoms. The maximum Gasteiger partial charge on any atom is 0.290 e. The van der Waals surface area contributed by atoms with Gasteiger partial charge in [-0.25, -0.2) is 4.98 Å². The van der Waals surface area contributed by atoms with Gasteiger partial charge in [0, 0.05) is 49.1 Å². The second kappa shape index (κ2) is 9.07. The molecule has 29 heavy (non-hydrogen) atoms. The number of rotatable bonds is 6. The topological polar surface area (TPSA) is 58.8 Å². The number of thiazole rings is 1. The molecule has 3 aromatic rings. The fraction of sp³-hybridized carbons (Fsp3) is 0.455. The molecule has 1 aromatic carbocycles. The zero-order valence-electron chi connectivity index (χ0n) is 17.0. The molecule has 1 amide bonds. The van der Waals surface area contributed by atoms with Crippen LogP contribution in [0, 0.1) is 0 Å². The van der Waals surface area contributed by atoms with Crippen LogP contribution in [0.5, 0.6) is 0 Å². The molecule has 7 heteroatoms.